The first-order chi connectivity index (χ1) is 9.03. The summed E-state index contributed by atoms with van der Waals surface area (Å²) in [7, 11) is 1.62. The van der Waals surface area contributed by atoms with Crippen molar-refractivity contribution in [1.29, 1.82) is 0 Å². The van der Waals surface area contributed by atoms with Crippen LogP contribution in [-0.4, -0.2) is 7.11 Å². The maximum atomic E-state index is 13.8. The zero-order valence-corrected chi connectivity index (χ0v) is 11.2. The van der Waals surface area contributed by atoms with Crippen LogP contribution >= 0.6 is 0 Å². The smallest absolute Gasteiger partial charge is 0.128 e. The number of halogens is 1. The molecule has 1 unspecified atom stereocenters. The van der Waals surface area contributed by atoms with Crippen molar-refractivity contribution in [2.75, 3.05) is 7.11 Å². The minimum absolute atomic E-state index is 0.268. The molecule has 2 rings (SSSR count). The molecule has 2 aromatic carbocycles. The Hall–Kier alpha value is -1.87. The van der Waals surface area contributed by atoms with Gasteiger partial charge in [0.1, 0.15) is 11.6 Å². The fraction of sp³-hybridized carbons (Fsp3) is 0.250. The quantitative estimate of drug-likeness (QED) is 0.914. The van der Waals surface area contributed by atoms with E-state index in [1.54, 1.807) is 25.3 Å². The maximum Gasteiger partial charge on any atom is 0.128 e. The molecule has 2 aromatic rings. The van der Waals surface area contributed by atoms with E-state index in [1.165, 1.54) is 6.07 Å². The number of hydrogen-bond acceptors (Lipinski definition) is 2. The van der Waals surface area contributed by atoms with Gasteiger partial charge in [0.2, 0.25) is 0 Å². The van der Waals surface area contributed by atoms with Gasteiger partial charge in [-0.2, -0.15) is 0 Å². The standard InChI is InChI=1S/C16H18FNO/c1-16(18,14-8-3-4-9-15(14)17)11-12-6-5-7-13(10-12)19-2/h3-10H,11,18H2,1-2H3. The molecule has 19 heavy (non-hydrogen) atoms. The van der Waals surface area contributed by atoms with Gasteiger partial charge in [-0.25, -0.2) is 4.39 Å². The highest BCUT2D eigenvalue weighted by Crippen LogP contribution is 2.26. The van der Waals surface area contributed by atoms with E-state index < -0.39 is 5.54 Å². The molecule has 2 N–H and O–H groups in total. The molecule has 1 atom stereocenters. The number of methoxy groups -OCH3 is 1. The van der Waals surface area contributed by atoms with Gasteiger partial charge < -0.3 is 10.5 Å². The molecule has 100 valence electrons. The first-order valence-electron chi connectivity index (χ1n) is 6.20. The van der Waals surface area contributed by atoms with E-state index in [2.05, 4.69) is 0 Å². The van der Waals surface area contributed by atoms with E-state index in [0.29, 0.717) is 12.0 Å². The third kappa shape index (κ3) is 3.12. The topological polar surface area (TPSA) is 35.2 Å². The molecule has 2 nitrogen and oxygen atoms in total. The van der Waals surface area contributed by atoms with Gasteiger partial charge in [-0.15, -0.1) is 0 Å². The Kier molecular flexibility index (Phi) is 3.86. The van der Waals surface area contributed by atoms with Crippen LogP contribution in [0.3, 0.4) is 0 Å². The van der Waals surface area contributed by atoms with Gasteiger partial charge in [-0.3, -0.25) is 0 Å². The Balaban J connectivity index is 2.28. The average Bonchev–Trinajstić information content (AvgIpc) is 2.38. The number of ether oxygens (including phenoxy) is 1. The summed E-state index contributed by atoms with van der Waals surface area (Å²) in [5.74, 6) is 0.511. The second-order valence-electron chi connectivity index (χ2n) is 4.93. The maximum absolute atomic E-state index is 13.8. The van der Waals surface area contributed by atoms with Crippen molar-refractivity contribution in [3.05, 3.63) is 65.5 Å². The van der Waals surface area contributed by atoms with E-state index in [4.69, 9.17) is 10.5 Å². The molecule has 0 fully saturated rings. The van der Waals surface area contributed by atoms with Crippen molar-refractivity contribution in [3.63, 3.8) is 0 Å². The largest absolute Gasteiger partial charge is 0.497 e. The van der Waals surface area contributed by atoms with Crippen LogP contribution in [0.25, 0.3) is 0 Å². The van der Waals surface area contributed by atoms with Crippen molar-refractivity contribution in [2.45, 2.75) is 18.9 Å². The molecule has 0 amide bonds. The Morgan fingerprint density at radius 3 is 2.58 bits per heavy atom. The molecular weight excluding hydrogens is 241 g/mol. The lowest BCUT2D eigenvalue weighted by Crippen LogP contribution is -2.36. The van der Waals surface area contributed by atoms with Crippen LogP contribution in [0.2, 0.25) is 0 Å². The minimum atomic E-state index is -0.752. The molecule has 0 saturated heterocycles. The summed E-state index contributed by atoms with van der Waals surface area (Å²) in [6.45, 7) is 1.84. The van der Waals surface area contributed by atoms with E-state index in [9.17, 15) is 4.39 Å². The summed E-state index contributed by atoms with van der Waals surface area (Å²) in [6.07, 6.45) is 0.547. The van der Waals surface area contributed by atoms with Crippen LogP contribution in [0.15, 0.2) is 48.5 Å². The van der Waals surface area contributed by atoms with Gasteiger partial charge in [0, 0.05) is 11.1 Å². The van der Waals surface area contributed by atoms with Crippen LogP contribution in [0.5, 0.6) is 5.75 Å². The molecule has 0 bridgehead atoms. The number of hydrogen-bond donors (Lipinski definition) is 1. The first-order valence-corrected chi connectivity index (χ1v) is 6.20. The third-order valence-electron chi connectivity index (χ3n) is 3.19. The predicted octanol–water partition coefficient (Wildman–Crippen LogP) is 3.25. The molecule has 0 saturated carbocycles. The summed E-state index contributed by atoms with van der Waals surface area (Å²) >= 11 is 0. The molecule has 0 aliphatic heterocycles. The summed E-state index contributed by atoms with van der Waals surface area (Å²) in [5.41, 5.74) is 7.08. The van der Waals surface area contributed by atoms with Crippen LogP contribution in [0.4, 0.5) is 4.39 Å². The highest BCUT2D eigenvalue weighted by atomic mass is 19.1. The molecule has 0 radical (unpaired) electrons. The highest BCUT2D eigenvalue weighted by Gasteiger charge is 2.24. The zero-order valence-electron chi connectivity index (χ0n) is 11.2. The molecule has 0 aliphatic carbocycles. The second-order valence-corrected chi connectivity index (χ2v) is 4.93. The SMILES string of the molecule is COc1cccc(CC(C)(N)c2ccccc2F)c1. The molecule has 0 heterocycles. The lowest BCUT2D eigenvalue weighted by Gasteiger charge is -2.26. The summed E-state index contributed by atoms with van der Waals surface area (Å²) in [5, 5.41) is 0. The summed E-state index contributed by atoms with van der Waals surface area (Å²) in [6, 6.07) is 14.3. The number of nitrogens with two attached hydrogens (primary N) is 1. The number of rotatable bonds is 4. The first kappa shape index (κ1) is 13.6. The van der Waals surface area contributed by atoms with Gasteiger partial charge >= 0.3 is 0 Å². The van der Waals surface area contributed by atoms with E-state index in [1.807, 2.05) is 31.2 Å². The lowest BCUT2D eigenvalue weighted by atomic mass is 9.86. The minimum Gasteiger partial charge on any atom is -0.497 e. The van der Waals surface area contributed by atoms with Gasteiger partial charge in [0.05, 0.1) is 7.11 Å². The molecular formula is C16H18FNO. The van der Waals surface area contributed by atoms with Crippen LogP contribution in [-0.2, 0) is 12.0 Å². The van der Waals surface area contributed by atoms with Crippen molar-refractivity contribution in [3.8, 4) is 5.75 Å². The molecule has 0 spiro atoms. The van der Waals surface area contributed by atoms with Gasteiger partial charge in [0.15, 0.2) is 0 Å². The van der Waals surface area contributed by atoms with E-state index in [0.717, 1.165) is 11.3 Å². The fourth-order valence-electron chi connectivity index (χ4n) is 2.23. The van der Waals surface area contributed by atoms with Gasteiger partial charge in [0.25, 0.3) is 0 Å². The molecule has 3 heteroatoms. The normalized spacial score (nSPS) is 13.9. The van der Waals surface area contributed by atoms with Gasteiger partial charge in [-0.05, 0) is 37.1 Å². The molecule has 0 aliphatic rings. The predicted molar refractivity (Wildman–Crippen MR) is 74.6 cm³/mol. The van der Waals surface area contributed by atoms with E-state index >= 15 is 0 Å². The van der Waals surface area contributed by atoms with Crippen molar-refractivity contribution in [2.24, 2.45) is 5.73 Å². The average molecular weight is 259 g/mol. The van der Waals surface area contributed by atoms with E-state index in [-0.39, 0.29) is 5.82 Å². The molecule has 0 aromatic heterocycles. The van der Waals surface area contributed by atoms with Gasteiger partial charge in [-0.1, -0.05) is 30.3 Å². The highest BCUT2D eigenvalue weighted by molar-refractivity contribution is 5.33. The van der Waals surface area contributed by atoms with Crippen LogP contribution in [0, 0.1) is 5.82 Å². The fourth-order valence-corrected chi connectivity index (χ4v) is 2.23. The summed E-state index contributed by atoms with van der Waals surface area (Å²) in [4.78, 5) is 0. The van der Waals surface area contributed by atoms with Crippen molar-refractivity contribution >= 4 is 0 Å². The van der Waals surface area contributed by atoms with Crippen molar-refractivity contribution in [1.82, 2.24) is 0 Å². The summed E-state index contributed by atoms with van der Waals surface area (Å²) < 4.78 is 19.0. The number of benzene rings is 2. The second kappa shape index (κ2) is 5.41. The van der Waals surface area contributed by atoms with Crippen molar-refractivity contribution < 1.29 is 9.13 Å². The lowest BCUT2D eigenvalue weighted by molar-refractivity contribution is 0.412. The zero-order chi connectivity index (χ0) is 13.9. The Morgan fingerprint density at radius 2 is 1.89 bits per heavy atom. The van der Waals surface area contributed by atoms with Crippen LogP contribution in [0.1, 0.15) is 18.1 Å². The Labute approximate surface area is 113 Å². The monoisotopic (exact) mass is 259 g/mol. The Bertz CT molecular complexity index is 566. The third-order valence-corrected chi connectivity index (χ3v) is 3.19. The van der Waals surface area contributed by atoms with Crippen LogP contribution < -0.4 is 10.5 Å². The Morgan fingerprint density at radius 1 is 1.16 bits per heavy atom.